The molecule has 2 aliphatic heterocycles. The van der Waals surface area contributed by atoms with Gasteiger partial charge in [-0.25, -0.2) is 29.9 Å². The molecule has 77 heavy (non-hydrogen) atoms. The van der Waals surface area contributed by atoms with Crippen LogP contribution < -0.4 is 37.1 Å². The number of anilines is 3. The standard InChI is InChI=1S/C23H21N5O.C21H27N5O2.C14H16N4O2/c24-16-23(18-9-5-2-6-10-18)11-13-28(14-12-23)22-26-19(15-20(27-22)21(25)29)17-7-3-1-4-8-17;1-3-25(4-2)20(28)16-11-8-12-26(14-16)21-23-17(13-18(24-21)19(22)27)15-9-6-5-7-10-15;1-3-16-14-17-11(8-12(18-14)13(15)19)9-4-6-10(20-2)7-5-9/h1-10,15H,11-14H2,(H2,25,29);5-7,9-10,13,16H,3-4,8,11-12,14H2,1-2H3,(H2,22,27);4-8H,3H2,1-2H3,(H2,15,19)(H,16,17,18). The number of hydrogen-bond donors (Lipinski definition) is 4. The van der Waals surface area contributed by atoms with Crippen molar-refractivity contribution < 1.29 is 23.9 Å². The second-order valence-corrected chi connectivity index (χ2v) is 18.3. The van der Waals surface area contributed by atoms with Crippen LogP contribution in [0.15, 0.2) is 133 Å². The van der Waals surface area contributed by atoms with Gasteiger partial charge in [-0.15, -0.1) is 0 Å². The zero-order valence-electron chi connectivity index (χ0n) is 43.8. The van der Waals surface area contributed by atoms with Crippen molar-refractivity contribution in [2.45, 2.75) is 51.9 Å². The quantitative estimate of drug-likeness (QED) is 0.0783. The number of hydrogen-bond acceptors (Lipinski definition) is 15. The van der Waals surface area contributed by atoms with Crippen molar-refractivity contribution in [3.05, 3.63) is 156 Å². The molecule has 7 N–H and O–H groups in total. The fraction of sp³-hybridized carbons (Fsp3) is 0.293. The van der Waals surface area contributed by atoms with E-state index in [2.05, 4.69) is 41.3 Å². The topological polar surface area (TPSA) is 278 Å². The fourth-order valence-electron chi connectivity index (χ4n) is 9.10. The molecule has 4 aromatic carbocycles. The first-order chi connectivity index (χ1) is 37.3. The maximum absolute atomic E-state index is 12.8. The number of primary amides is 3. The van der Waals surface area contributed by atoms with Crippen LogP contribution in [-0.2, 0) is 10.2 Å². The van der Waals surface area contributed by atoms with Crippen molar-refractivity contribution in [1.29, 1.82) is 5.26 Å². The second kappa shape index (κ2) is 26.3. The molecule has 2 saturated heterocycles. The summed E-state index contributed by atoms with van der Waals surface area (Å²) in [7, 11) is 1.61. The molecule has 2 aliphatic rings. The molecule has 4 amide bonds. The molecule has 1 atom stereocenters. The van der Waals surface area contributed by atoms with Crippen molar-refractivity contribution in [2.75, 3.05) is 68.0 Å². The van der Waals surface area contributed by atoms with E-state index in [0.29, 0.717) is 87.0 Å². The van der Waals surface area contributed by atoms with Crippen LogP contribution in [-0.4, -0.2) is 111 Å². The van der Waals surface area contributed by atoms with Gasteiger partial charge in [-0.05, 0) is 94.5 Å². The number of piperidine rings is 2. The Balaban J connectivity index is 0.000000171. The predicted molar refractivity (Wildman–Crippen MR) is 297 cm³/mol. The minimum absolute atomic E-state index is 0.0883. The van der Waals surface area contributed by atoms with Crippen LogP contribution in [0.2, 0.25) is 0 Å². The molecule has 0 saturated carbocycles. The number of nitrogens with two attached hydrogens (primary N) is 3. The van der Waals surface area contributed by atoms with Crippen molar-refractivity contribution >= 4 is 41.5 Å². The van der Waals surface area contributed by atoms with E-state index >= 15 is 0 Å². The number of nitrogens with one attached hydrogen (secondary N) is 1. The monoisotopic (exact) mass is 1040 g/mol. The van der Waals surface area contributed by atoms with Crippen molar-refractivity contribution in [2.24, 2.45) is 23.1 Å². The SMILES string of the molecule is CCN(CC)C(=O)C1CCCN(c2nc(C(N)=O)cc(-c3ccccc3)n2)C1.CCNc1nc(C(N)=O)cc(-c2ccc(OC)cc2)n1.N#CC1(c2ccccc2)CCN(c2nc(C(N)=O)cc(-c3ccccc3)n2)CC1. The summed E-state index contributed by atoms with van der Waals surface area (Å²) in [6.45, 7) is 10.5. The van der Waals surface area contributed by atoms with Gasteiger partial charge in [-0.1, -0.05) is 91.0 Å². The highest BCUT2D eigenvalue weighted by Crippen LogP contribution is 2.36. The lowest BCUT2D eigenvalue weighted by Crippen LogP contribution is -2.45. The summed E-state index contributed by atoms with van der Waals surface area (Å²) in [4.78, 5) is 80.2. The second-order valence-electron chi connectivity index (χ2n) is 18.3. The lowest BCUT2D eigenvalue weighted by molar-refractivity contribution is -0.135. The molecule has 3 aromatic heterocycles. The summed E-state index contributed by atoms with van der Waals surface area (Å²) in [5.74, 6) is 0.388. The number of carbonyl (C=O) groups is 4. The molecule has 19 heteroatoms. The maximum atomic E-state index is 12.8. The van der Waals surface area contributed by atoms with Crippen LogP contribution >= 0.6 is 0 Å². The van der Waals surface area contributed by atoms with Gasteiger partial charge in [0.25, 0.3) is 17.7 Å². The third-order valence-electron chi connectivity index (χ3n) is 13.3. The van der Waals surface area contributed by atoms with E-state index in [-0.39, 0.29) is 28.9 Å². The van der Waals surface area contributed by atoms with Crippen molar-refractivity contribution in [1.82, 2.24) is 34.8 Å². The first kappa shape index (κ1) is 55.4. The lowest BCUT2D eigenvalue weighted by atomic mass is 9.74. The Bertz CT molecular complexity index is 3170. The number of aromatic nitrogens is 6. The molecule has 1 unspecified atom stereocenters. The zero-order valence-corrected chi connectivity index (χ0v) is 43.8. The molecule has 0 bridgehead atoms. The molecular formula is C58H64N14O5. The van der Waals surface area contributed by atoms with E-state index in [1.54, 1.807) is 25.3 Å². The van der Waals surface area contributed by atoms with Crippen LogP contribution in [0.4, 0.5) is 17.8 Å². The molecule has 19 nitrogen and oxygen atoms in total. The highest BCUT2D eigenvalue weighted by Gasteiger charge is 2.37. The van der Waals surface area contributed by atoms with E-state index in [1.165, 1.54) is 0 Å². The molecule has 5 heterocycles. The number of amides is 4. The molecule has 0 radical (unpaired) electrons. The van der Waals surface area contributed by atoms with Gasteiger partial charge in [-0.3, -0.25) is 19.2 Å². The lowest BCUT2D eigenvalue weighted by Gasteiger charge is -2.37. The fourth-order valence-corrected chi connectivity index (χ4v) is 9.10. The van der Waals surface area contributed by atoms with Crippen molar-refractivity contribution in [3.63, 3.8) is 0 Å². The predicted octanol–water partition coefficient (Wildman–Crippen LogP) is 7.31. The Labute approximate surface area is 448 Å². The Kier molecular flexibility index (Phi) is 18.9. The van der Waals surface area contributed by atoms with Gasteiger partial charge in [0, 0.05) is 62.5 Å². The number of nitrogens with zero attached hydrogens (tertiary/aromatic N) is 10. The third-order valence-corrected chi connectivity index (χ3v) is 13.3. The first-order valence-electron chi connectivity index (χ1n) is 25.6. The van der Waals surface area contributed by atoms with Gasteiger partial charge < -0.3 is 42.0 Å². The molecule has 9 rings (SSSR count). The van der Waals surface area contributed by atoms with Crippen LogP contribution in [0.1, 0.15) is 83.5 Å². The molecule has 7 aromatic rings. The number of rotatable bonds is 15. The minimum Gasteiger partial charge on any atom is -0.497 e. The Morgan fingerprint density at radius 3 is 1.57 bits per heavy atom. The average Bonchev–Trinajstić information content (AvgIpc) is 3.48. The van der Waals surface area contributed by atoms with Crippen LogP contribution in [0.5, 0.6) is 5.75 Å². The summed E-state index contributed by atoms with van der Waals surface area (Å²) in [6.07, 6.45) is 3.06. The van der Waals surface area contributed by atoms with Gasteiger partial charge >= 0.3 is 0 Å². The Morgan fingerprint density at radius 1 is 0.636 bits per heavy atom. The summed E-state index contributed by atoms with van der Waals surface area (Å²) in [5.41, 5.74) is 22.0. The van der Waals surface area contributed by atoms with Crippen LogP contribution in [0.25, 0.3) is 33.8 Å². The highest BCUT2D eigenvalue weighted by atomic mass is 16.5. The highest BCUT2D eigenvalue weighted by molar-refractivity contribution is 5.93. The maximum Gasteiger partial charge on any atom is 0.267 e. The van der Waals surface area contributed by atoms with Crippen LogP contribution in [0.3, 0.4) is 0 Å². The van der Waals surface area contributed by atoms with Gasteiger partial charge in [0.1, 0.15) is 22.8 Å². The van der Waals surface area contributed by atoms with Gasteiger partial charge in [0.15, 0.2) is 0 Å². The number of methoxy groups -OCH3 is 1. The zero-order chi connectivity index (χ0) is 54.9. The van der Waals surface area contributed by atoms with E-state index in [1.807, 2.05) is 151 Å². The van der Waals surface area contributed by atoms with Gasteiger partial charge in [0.05, 0.1) is 41.6 Å². The number of ether oxygens (including phenoxy) is 1. The minimum atomic E-state index is -0.589. The number of benzene rings is 4. The summed E-state index contributed by atoms with van der Waals surface area (Å²) >= 11 is 0. The van der Waals surface area contributed by atoms with Gasteiger partial charge in [0.2, 0.25) is 23.8 Å². The smallest absolute Gasteiger partial charge is 0.267 e. The van der Waals surface area contributed by atoms with Crippen LogP contribution in [0, 0.1) is 17.2 Å². The molecule has 396 valence electrons. The number of carbonyl (C=O) groups excluding carboxylic acids is 4. The van der Waals surface area contributed by atoms with E-state index in [9.17, 15) is 24.4 Å². The molecule has 2 fully saturated rings. The summed E-state index contributed by atoms with van der Waals surface area (Å²) in [6, 6.07) is 43.9. The molecular weight excluding hydrogens is 973 g/mol. The van der Waals surface area contributed by atoms with E-state index in [0.717, 1.165) is 47.4 Å². The van der Waals surface area contributed by atoms with E-state index < -0.39 is 23.1 Å². The average molecular weight is 1040 g/mol. The normalized spacial score (nSPS) is 14.5. The largest absolute Gasteiger partial charge is 0.497 e. The third kappa shape index (κ3) is 14.1. The Hall–Kier alpha value is -9.31. The first-order valence-corrected chi connectivity index (χ1v) is 25.6. The number of nitriles is 1. The molecule has 0 aliphatic carbocycles. The Morgan fingerprint density at radius 2 is 1.10 bits per heavy atom. The van der Waals surface area contributed by atoms with Crippen molar-refractivity contribution in [3.8, 4) is 45.6 Å². The van der Waals surface area contributed by atoms with Gasteiger partial charge in [-0.2, -0.15) is 5.26 Å². The summed E-state index contributed by atoms with van der Waals surface area (Å²) < 4.78 is 5.11. The summed E-state index contributed by atoms with van der Waals surface area (Å²) in [5, 5.41) is 12.9. The van der Waals surface area contributed by atoms with E-state index in [4.69, 9.17) is 21.9 Å². The molecule has 0 spiro atoms.